The van der Waals surface area contributed by atoms with Crippen LogP contribution in [-0.2, 0) is 4.79 Å². The molecule has 0 aliphatic carbocycles. The molecule has 5 nitrogen and oxygen atoms in total. The fourth-order valence-electron chi connectivity index (χ4n) is 3.03. The highest BCUT2D eigenvalue weighted by Gasteiger charge is 2.17. The number of carbonyl (C=O) groups excluding carboxylic acids is 2. The van der Waals surface area contributed by atoms with E-state index in [1.165, 1.54) is 30.7 Å². The van der Waals surface area contributed by atoms with Crippen LogP contribution in [0.2, 0.25) is 0 Å². The first-order valence-electron chi connectivity index (χ1n) is 8.80. The van der Waals surface area contributed by atoms with Gasteiger partial charge in [-0.25, -0.2) is 4.39 Å². The summed E-state index contributed by atoms with van der Waals surface area (Å²) < 4.78 is 13.0. The van der Waals surface area contributed by atoms with Gasteiger partial charge in [-0.1, -0.05) is 18.6 Å². The maximum absolute atomic E-state index is 13.0. The molecule has 1 saturated heterocycles. The molecule has 0 atom stereocenters. The van der Waals surface area contributed by atoms with E-state index in [2.05, 4.69) is 15.5 Å². The Morgan fingerprint density at radius 2 is 1.62 bits per heavy atom. The van der Waals surface area contributed by atoms with Gasteiger partial charge in [0, 0.05) is 5.69 Å². The third-order valence-electron chi connectivity index (χ3n) is 4.36. The number of carbonyl (C=O) groups is 2. The number of para-hydroxylation sites is 1. The third-order valence-corrected chi connectivity index (χ3v) is 4.36. The first kappa shape index (κ1) is 18.1. The molecule has 1 fully saturated rings. The van der Waals surface area contributed by atoms with Crippen molar-refractivity contribution in [2.24, 2.45) is 0 Å². The van der Waals surface area contributed by atoms with Crippen molar-refractivity contribution < 1.29 is 14.0 Å². The third kappa shape index (κ3) is 4.89. The molecule has 2 aromatic carbocycles. The summed E-state index contributed by atoms with van der Waals surface area (Å²) >= 11 is 0. The fourth-order valence-corrected chi connectivity index (χ4v) is 3.03. The average Bonchev–Trinajstić information content (AvgIpc) is 2.65. The molecule has 0 unspecified atom stereocenters. The summed E-state index contributed by atoms with van der Waals surface area (Å²) in [6, 6.07) is 12.4. The van der Waals surface area contributed by atoms with E-state index < -0.39 is 0 Å². The summed E-state index contributed by atoms with van der Waals surface area (Å²) in [5, 5.41) is 5.55. The van der Waals surface area contributed by atoms with Crippen LogP contribution in [0.5, 0.6) is 0 Å². The highest BCUT2D eigenvalue weighted by molar-refractivity contribution is 6.10. The smallest absolute Gasteiger partial charge is 0.257 e. The maximum Gasteiger partial charge on any atom is 0.257 e. The van der Waals surface area contributed by atoms with Gasteiger partial charge in [-0.15, -0.1) is 0 Å². The van der Waals surface area contributed by atoms with Gasteiger partial charge >= 0.3 is 0 Å². The van der Waals surface area contributed by atoms with Gasteiger partial charge in [-0.05, 0) is 62.3 Å². The number of anilines is 2. The number of hydrogen-bond acceptors (Lipinski definition) is 3. The Bertz CT molecular complexity index is 771. The number of likely N-dealkylation sites (tertiary alicyclic amines) is 1. The van der Waals surface area contributed by atoms with E-state index in [-0.39, 0.29) is 17.6 Å². The molecular formula is C20H22FN3O2. The van der Waals surface area contributed by atoms with Crippen molar-refractivity contribution in [3.63, 3.8) is 0 Å². The fraction of sp³-hybridized carbons (Fsp3) is 0.300. The minimum Gasteiger partial charge on any atom is -0.324 e. The van der Waals surface area contributed by atoms with Crippen LogP contribution in [0.4, 0.5) is 15.8 Å². The molecule has 26 heavy (non-hydrogen) atoms. The molecule has 0 aromatic heterocycles. The number of nitrogens with zero attached hydrogens (tertiary/aromatic N) is 1. The topological polar surface area (TPSA) is 61.4 Å². The Morgan fingerprint density at radius 3 is 2.35 bits per heavy atom. The van der Waals surface area contributed by atoms with Gasteiger partial charge in [0.2, 0.25) is 5.91 Å². The predicted octanol–water partition coefficient (Wildman–Crippen LogP) is 3.50. The van der Waals surface area contributed by atoms with Crippen molar-refractivity contribution in [2.45, 2.75) is 19.3 Å². The van der Waals surface area contributed by atoms with E-state index in [1.54, 1.807) is 24.3 Å². The first-order valence-corrected chi connectivity index (χ1v) is 8.80. The summed E-state index contributed by atoms with van der Waals surface area (Å²) in [5.74, 6) is -0.854. The normalized spacial score (nSPS) is 14.7. The van der Waals surface area contributed by atoms with Crippen LogP contribution < -0.4 is 10.6 Å². The van der Waals surface area contributed by atoms with Crippen LogP contribution in [0.3, 0.4) is 0 Å². The lowest BCUT2D eigenvalue weighted by Gasteiger charge is -2.25. The SMILES string of the molecule is O=C(CN1CCCCC1)Nc1ccccc1C(=O)Nc1ccc(F)cc1. The van der Waals surface area contributed by atoms with E-state index in [4.69, 9.17) is 0 Å². The van der Waals surface area contributed by atoms with Crippen LogP contribution in [-0.4, -0.2) is 36.3 Å². The van der Waals surface area contributed by atoms with Gasteiger partial charge in [0.15, 0.2) is 0 Å². The van der Waals surface area contributed by atoms with Gasteiger partial charge < -0.3 is 10.6 Å². The van der Waals surface area contributed by atoms with Crippen molar-refractivity contribution in [3.8, 4) is 0 Å². The molecule has 6 heteroatoms. The Balaban J connectivity index is 1.65. The van der Waals surface area contributed by atoms with Gasteiger partial charge in [0.1, 0.15) is 5.82 Å². The van der Waals surface area contributed by atoms with E-state index in [9.17, 15) is 14.0 Å². The molecule has 1 aliphatic heterocycles. The number of nitrogens with one attached hydrogen (secondary N) is 2. The van der Waals surface area contributed by atoms with Gasteiger partial charge in [-0.3, -0.25) is 14.5 Å². The van der Waals surface area contributed by atoms with Crippen LogP contribution in [0.25, 0.3) is 0 Å². The Morgan fingerprint density at radius 1 is 0.923 bits per heavy atom. The van der Waals surface area contributed by atoms with Gasteiger partial charge in [0.05, 0.1) is 17.8 Å². The maximum atomic E-state index is 13.0. The minimum absolute atomic E-state index is 0.131. The zero-order valence-electron chi connectivity index (χ0n) is 14.5. The van der Waals surface area contributed by atoms with Crippen LogP contribution in [0, 0.1) is 5.82 Å². The van der Waals surface area contributed by atoms with Crippen molar-refractivity contribution in [1.29, 1.82) is 0 Å². The lowest BCUT2D eigenvalue weighted by atomic mass is 10.1. The van der Waals surface area contributed by atoms with Crippen molar-refractivity contribution >= 4 is 23.2 Å². The van der Waals surface area contributed by atoms with E-state index >= 15 is 0 Å². The van der Waals surface area contributed by atoms with E-state index in [0.717, 1.165) is 25.9 Å². The standard InChI is InChI=1S/C20H22FN3O2/c21-15-8-10-16(11-9-15)22-20(26)17-6-2-3-7-18(17)23-19(25)14-24-12-4-1-5-13-24/h2-3,6-11H,1,4-5,12-14H2,(H,22,26)(H,23,25). The average molecular weight is 355 g/mol. The number of rotatable bonds is 5. The highest BCUT2D eigenvalue weighted by Crippen LogP contribution is 2.18. The Hall–Kier alpha value is -2.73. The number of benzene rings is 2. The second kappa shape index (κ2) is 8.58. The molecule has 1 heterocycles. The van der Waals surface area contributed by atoms with Gasteiger partial charge in [-0.2, -0.15) is 0 Å². The van der Waals surface area contributed by atoms with Crippen molar-refractivity contribution in [2.75, 3.05) is 30.3 Å². The molecule has 2 aromatic rings. The van der Waals surface area contributed by atoms with Crippen LogP contribution in [0.1, 0.15) is 29.6 Å². The van der Waals surface area contributed by atoms with Crippen LogP contribution >= 0.6 is 0 Å². The lowest BCUT2D eigenvalue weighted by molar-refractivity contribution is -0.117. The summed E-state index contributed by atoms with van der Waals surface area (Å²) in [5.41, 5.74) is 1.32. The monoisotopic (exact) mass is 355 g/mol. The summed E-state index contributed by atoms with van der Waals surface area (Å²) in [7, 11) is 0. The summed E-state index contributed by atoms with van der Waals surface area (Å²) in [6.45, 7) is 2.19. The largest absolute Gasteiger partial charge is 0.324 e. The Labute approximate surface area is 152 Å². The second-order valence-corrected chi connectivity index (χ2v) is 6.39. The predicted molar refractivity (Wildman–Crippen MR) is 99.7 cm³/mol. The molecule has 3 rings (SSSR count). The molecule has 2 N–H and O–H groups in total. The zero-order valence-corrected chi connectivity index (χ0v) is 14.5. The Kier molecular flexibility index (Phi) is 5.96. The molecule has 0 saturated carbocycles. The van der Waals surface area contributed by atoms with Crippen molar-refractivity contribution in [3.05, 3.63) is 59.9 Å². The number of piperidine rings is 1. The number of halogens is 1. The van der Waals surface area contributed by atoms with Crippen molar-refractivity contribution in [1.82, 2.24) is 4.90 Å². The summed E-state index contributed by atoms with van der Waals surface area (Å²) in [4.78, 5) is 27.0. The van der Waals surface area contributed by atoms with E-state index in [0.29, 0.717) is 23.5 Å². The van der Waals surface area contributed by atoms with Crippen LogP contribution in [0.15, 0.2) is 48.5 Å². The highest BCUT2D eigenvalue weighted by atomic mass is 19.1. The first-order chi connectivity index (χ1) is 12.6. The van der Waals surface area contributed by atoms with Gasteiger partial charge in [0.25, 0.3) is 5.91 Å². The molecule has 0 radical (unpaired) electrons. The molecule has 136 valence electrons. The summed E-state index contributed by atoms with van der Waals surface area (Å²) in [6.07, 6.45) is 3.44. The minimum atomic E-state index is -0.367. The molecule has 0 bridgehead atoms. The second-order valence-electron chi connectivity index (χ2n) is 6.39. The molecule has 2 amide bonds. The quantitative estimate of drug-likeness (QED) is 0.863. The lowest BCUT2D eigenvalue weighted by Crippen LogP contribution is -2.37. The molecule has 0 spiro atoms. The number of hydrogen-bond donors (Lipinski definition) is 2. The zero-order chi connectivity index (χ0) is 18.4. The number of amides is 2. The van der Waals surface area contributed by atoms with E-state index in [1.807, 2.05) is 0 Å². The molecule has 1 aliphatic rings. The molecular weight excluding hydrogens is 333 g/mol.